The molecule has 0 aromatic heterocycles. The molecule has 0 radical (unpaired) electrons. The highest BCUT2D eigenvalue weighted by Crippen LogP contribution is 2.63. The average molecular weight is 494 g/mol. The first kappa shape index (κ1) is 21.5. The van der Waals surface area contributed by atoms with Crippen LogP contribution in [-0.2, 0) is 19.1 Å². The molecule has 2 saturated heterocycles. The molecule has 11 nitrogen and oxygen atoms in total. The van der Waals surface area contributed by atoms with Crippen molar-refractivity contribution >= 4 is 46.6 Å². The minimum Gasteiger partial charge on any atom is -0.463 e. The number of rotatable bonds is 4. The summed E-state index contributed by atoms with van der Waals surface area (Å²) in [4.78, 5) is 37.5. The molecule has 178 valence electrons. The minimum absolute atomic E-state index is 0.0714. The van der Waals surface area contributed by atoms with E-state index in [1.54, 1.807) is 22.2 Å². The number of methoxy groups -OCH3 is 1. The van der Waals surface area contributed by atoms with E-state index in [2.05, 4.69) is 5.10 Å². The van der Waals surface area contributed by atoms with Crippen LogP contribution in [0.25, 0.3) is 0 Å². The number of nitro benzene ring substituents is 1. The Hall–Kier alpha value is -4.06. The number of benzene rings is 2. The van der Waals surface area contributed by atoms with Crippen molar-refractivity contribution in [1.82, 2.24) is 5.01 Å². The number of ether oxygens (including phenoxy) is 2. The second-order valence-corrected chi connectivity index (χ2v) is 9.76. The van der Waals surface area contributed by atoms with Gasteiger partial charge in [0.1, 0.15) is 11.4 Å². The van der Waals surface area contributed by atoms with Gasteiger partial charge in [-0.05, 0) is 36.6 Å². The van der Waals surface area contributed by atoms with Crippen LogP contribution >= 0.6 is 11.8 Å². The maximum absolute atomic E-state index is 13.7. The number of carbonyl (C=O) groups excluding carboxylic acids is 2. The fourth-order valence-corrected chi connectivity index (χ4v) is 6.55. The molecular weight excluding hydrogens is 474 g/mol. The molecule has 0 saturated carbocycles. The van der Waals surface area contributed by atoms with Crippen LogP contribution in [0.15, 0.2) is 65.1 Å². The van der Waals surface area contributed by atoms with Gasteiger partial charge >= 0.3 is 11.9 Å². The molecular formula is C23H19N5O6S. The number of nitro groups is 1. The number of aryl methyl sites for hydroxylation is 1. The smallest absolute Gasteiger partial charge is 0.377 e. The molecule has 0 N–H and O–H groups in total. The summed E-state index contributed by atoms with van der Waals surface area (Å²) in [5.41, 5.74) is 0.590. The maximum Gasteiger partial charge on any atom is 0.377 e. The molecule has 0 aliphatic carbocycles. The van der Waals surface area contributed by atoms with E-state index in [4.69, 9.17) is 9.47 Å². The zero-order valence-corrected chi connectivity index (χ0v) is 19.5. The lowest BCUT2D eigenvalue weighted by Crippen LogP contribution is -2.67. The van der Waals surface area contributed by atoms with Crippen LogP contribution in [0.1, 0.15) is 5.56 Å². The van der Waals surface area contributed by atoms with Crippen molar-refractivity contribution in [2.75, 3.05) is 23.7 Å². The Balaban J connectivity index is 1.60. The molecule has 6 rings (SSSR count). The third-order valence-corrected chi connectivity index (χ3v) is 8.13. The van der Waals surface area contributed by atoms with E-state index in [9.17, 15) is 19.7 Å². The van der Waals surface area contributed by atoms with Crippen molar-refractivity contribution in [2.45, 2.75) is 23.4 Å². The maximum atomic E-state index is 13.7. The SMILES string of the molecule is COC(=O)C1=NN(c2ccc(C)cc2)[C@@]23C(=O)OC[C@@]24SC=C[C@H]4N(c2ccc([N+](=O)[O-])cc2)N13. The number of thioether (sulfide) groups is 1. The second-order valence-electron chi connectivity index (χ2n) is 8.52. The number of hydrazone groups is 1. The van der Waals surface area contributed by atoms with Gasteiger partial charge in [0, 0.05) is 12.1 Å². The van der Waals surface area contributed by atoms with E-state index < -0.39 is 33.3 Å². The first-order chi connectivity index (χ1) is 16.8. The number of carbonyl (C=O) groups is 2. The van der Waals surface area contributed by atoms with Crippen LogP contribution in [0, 0.1) is 17.0 Å². The Labute approximate surface area is 203 Å². The summed E-state index contributed by atoms with van der Waals surface area (Å²) in [7, 11) is 1.25. The van der Waals surface area contributed by atoms with Gasteiger partial charge in [-0.25, -0.2) is 19.6 Å². The van der Waals surface area contributed by atoms with Gasteiger partial charge in [0.2, 0.25) is 0 Å². The Morgan fingerprint density at radius 1 is 1.20 bits per heavy atom. The molecule has 12 heteroatoms. The van der Waals surface area contributed by atoms with Crippen molar-refractivity contribution in [2.24, 2.45) is 5.10 Å². The molecule has 0 unspecified atom stereocenters. The summed E-state index contributed by atoms with van der Waals surface area (Å²) in [5.74, 6) is -1.37. The first-order valence-corrected chi connectivity index (χ1v) is 11.6. The third-order valence-electron chi connectivity index (χ3n) is 6.77. The summed E-state index contributed by atoms with van der Waals surface area (Å²) >= 11 is 1.45. The van der Waals surface area contributed by atoms with E-state index in [-0.39, 0.29) is 18.1 Å². The highest BCUT2D eigenvalue weighted by molar-refractivity contribution is 8.04. The number of non-ortho nitro benzene ring substituents is 1. The number of hydrogen-bond donors (Lipinski definition) is 0. The molecule has 4 aliphatic rings. The van der Waals surface area contributed by atoms with Crippen LogP contribution in [0.4, 0.5) is 17.1 Å². The van der Waals surface area contributed by atoms with Gasteiger partial charge < -0.3 is 9.47 Å². The normalized spacial score (nSPS) is 27.9. The lowest BCUT2D eigenvalue weighted by atomic mass is 9.88. The predicted octanol–water partition coefficient (Wildman–Crippen LogP) is 2.57. The van der Waals surface area contributed by atoms with Crippen molar-refractivity contribution < 1.29 is 24.0 Å². The summed E-state index contributed by atoms with van der Waals surface area (Å²) in [5, 5.41) is 22.6. The molecule has 2 spiro atoms. The molecule has 3 atom stereocenters. The largest absolute Gasteiger partial charge is 0.463 e. The molecule has 2 aromatic carbocycles. The molecule has 0 amide bonds. The molecule has 4 aliphatic heterocycles. The number of hydrazine groups is 1. The third kappa shape index (κ3) is 2.54. The quantitative estimate of drug-likeness (QED) is 0.357. The van der Waals surface area contributed by atoms with Gasteiger partial charge in [-0.3, -0.25) is 15.1 Å². The second kappa shape index (κ2) is 7.22. The van der Waals surface area contributed by atoms with Crippen LogP contribution < -0.4 is 10.0 Å². The van der Waals surface area contributed by atoms with Crippen molar-refractivity contribution in [3.63, 3.8) is 0 Å². The topological polar surface area (TPSA) is 118 Å². The predicted molar refractivity (Wildman–Crippen MR) is 127 cm³/mol. The highest BCUT2D eigenvalue weighted by Gasteiger charge is 2.83. The van der Waals surface area contributed by atoms with Crippen molar-refractivity contribution in [3.05, 3.63) is 75.7 Å². The van der Waals surface area contributed by atoms with Crippen LogP contribution in [0.3, 0.4) is 0 Å². The number of amidine groups is 1. The zero-order chi connectivity index (χ0) is 24.5. The number of cyclic esters (lactones) is 1. The molecule has 2 fully saturated rings. The highest BCUT2D eigenvalue weighted by atomic mass is 32.2. The monoisotopic (exact) mass is 493 g/mol. The van der Waals surface area contributed by atoms with Gasteiger partial charge in [-0.15, -0.1) is 16.9 Å². The van der Waals surface area contributed by atoms with Gasteiger partial charge in [0.15, 0.2) is 0 Å². The number of hydrogen-bond acceptors (Lipinski definition) is 11. The zero-order valence-electron chi connectivity index (χ0n) is 18.7. The standard InChI is InChI=1S/C23H19N5O6S/c1-14-3-5-16(6-4-14)26-23-21(30)34-13-22(23)18(11-12-35-22)25(27(23)19(24-26)20(29)33-2)15-7-9-17(10-8-15)28(31)32/h3-12,18H,13H2,1-2H3/t18-,22+,23-/m1/s1. The summed E-state index contributed by atoms with van der Waals surface area (Å²) < 4.78 is 9.85. The molecule has 0 bridgehead atoms. The molecule has 4 heterocycles. The Morgan fingerprint density at radius 3 is 2.54 bits per heavy atom. The first-order valence-electron chi connectivity index (χ1n) is 10.7. The van der Waals surface area contributed by atoms with E-state index in [1.165, 1.54) is 36.0 Å². The van der Waals surface area contributed by atoms with E-state index in [1.807, 2.05) is 42.7 Å². The van der Waals surface area contributed by atoms with Gasteiger partial charge in [0.25, 0.3) is 17.2 Å². The fraction of sp³-hybridized carbons (Fsp3) is 0.261. The molecule has 2 aromatic rings. The van der Waals surface area contributed by atoms with Gasteiger partial charge in [-0.1, -0.05) is 23.8 Å². The Morgan fingerprint density at radius 2 is 1.89 bits per heavy atom. The van der Waals surface area contributed by atoms with E-state index in [0.717, 1.165) is 5.56 Å². The minimum atomic E-state index is -1.52. The van der Waals surface area contributed by atoms with Crippen LogP contribution in [-0.4, -0.2) is 57.9 Å². The van der Waals surface area contributed by atoms with Crippen molar-refractivity contribution in [3.8, 4) is 0 Å². The fourth-order valence-electron chi connectivity index (χ4n) is 5.21. The Kier molecular flexibility index (Phi) is 4.43. The van der Waals surface area contributed by atoms with Crippen LogP contribution in [0.2, 0.25) is 0 Å². The van der Waals surface area contributed by atoms with E-state index in [0.29, 0.717) is 11.4 Å². The average Bonchev–Trinajstić information content (AvgIpc) is 3.56. The lowest BCUT2D eigenvalue weighted by Gasteiger charge is -2.40. The van der Waals surface area contributed by atoms with Gasteiger partial charge in [0.05, 0.1) is 29.4 Å². The van der Waals surface area contributed by atoms with Crippen LogP contribution in [0.5, 0.6) is 0 Å². The number of anilines is 2. The van der Waals surface area contributed by atoms with Gasteiger partial charge in [-0.2, -0.15) is 0 Å². The summed E-state index contributed by atoms with van der Waals surface area (Å²) in [6.07, 6.45) is 1.94. The lowest BCUT2D eigenvalue weighted by molar-refractivity contribution is -0.384. The summed E-state index contributed by atoms with van der Waals surface area (Å²) in [6.45, 7) is 2.03. The Bertz CT molecular complexity index is 1330. The van der Waals surface area contributed by atoms with Crippen molar-refractivity contribution in [1.29, 1.82) is 0 Å². The number of nitrogens with zero attached hydrogens (tertiary/aromatic N) is 5. The van der Waals surface area contributed by atoms with E-state index >= 15 is 0 Å². The summed E-state index contributed by atoms with van der Waals surface area (Å²) in [6, 6.07) is 13.0. The molecule has 35 heavy (non-hydrogen) atoms. The number of esters is 2.